The van der Waals surface area contributed by atoms with Gasteiger partial charge < -0.3 is 0 Å². The summed E-state index contributed by atoms with van der Waals surface area (Å²) in [5.74, 6) is 0. The van der Waals surface area contributed by atoms with Crippen LogP contribution in [0.2, 0.25) is 8.87 Å². The molecule has 0 saturated carbocycles. The average Bonchev–Trinajstić information content (AvgIpc) is 2.21. The van der Waals surface area contributed by atoms with Crippen molar-refractivity contribution in [3.63, 3.8) is 0 Å². The number of hydrogen-bond donors (Lipinski definition) is 0. The van der Waals surface area contributed by atoms with Crippen LogP contribution in [0.5, 0.6) is 0 Å². The Morgan fingerprint density at radius 2 is 1.65 bits per heavy atom. The molecule has 1 saturated heterocycles. The van der Waals surface area contributed by atoms with Crippen molar-refractivity contribution in [2.24, 2.45) is 0 Å². The van der Waals surface area contributed by atoms with Crippen LogP contribution < -0.4 is 0 Å². The normalized spacial score (nSPS) is 27.0. The van der Waals surface area contributed by atoms with Crippen LogP contribution >= 0.6 is 0 Å². The van der Waals surface area contributed by atoms with Gasteiger partial charge in [-0.2, -0.15) is 0 Å². The van der Waals surface area contributed by atoms with Crippen LogP contribution in [0.1, 0.15) is 66.7 Å². The van der Waals surface area contributed by atoms with E-state index in [-0.39, 0.29) is 5.60 Å². The Bertz CT molecular complexity index is 220. The van der Waals surface area contributed by atoms with Crippen molar-refractivity contribution in [3.8, 4) is 0 Å². The van der Waals surface area contributed by atoms with Crippen LogP contribution in [0.15, 0.2) is 0 Å². The van der Waals surface area contributed by atoms with Crippen LogP contribution in [0.25, 0.3) is 0 Å². The molecule has 1 unspecified atom stereocenters. The third-order valence-corrected chi connectivity index (χ3v) is 14.9. The fourth-order valence-electron chi connectivity index (χ4n) is 2.91. The molecule has 1 aliphatic heterocycles. The summed E-state index contributed by atoms with van der Waals surface area (Å²) in [6.07, 6.45) is 6.52. The molecule has 0 spiro atoms. The first kappa shape index (κ1) is 15.8. The van der Waals surface area contributed by atoms with Gasteiger partial charge in [-0.3, -0.25) is 0 Å². The molecule has 3 heteroatoms. The molecule has 0 aromatic heterocycles. The molecule has 102 valence electrons. The minimum atomic E-state index is -2.75. The van der Waals surface area contributed by atoms with E-state index in [0.717, 1.165) is 6.42 Å². The summed E-state index contributed by atoms with van der Waals surface area (Å²) in [5, 5.41) is 0. The Morgan fingerprint density at radius 1 is 1.12 bits per heavy atom. The molecule has 0 aromatic carbocycles. The molecule has 0 N–H and O–H groups in total. The second-order valence-electron chi connectivity index (χ2n) is 6.11. The van der Waals surface area contributed by atoms with Gasteiger partial charge in [-0.25, -0.2) is 0 Å². The first-order chi connectivity index (χ1) is 7.93. The predicted molar refractivity (Wildman–Crippen MR) is 75.5 cm³/mol. The Kier molecular flexibility index (Phi) is 6.27. The minimum absolute atomic E-state index is 0.0508. The van der Waals surface area contributed by atoms with Crippen molar-refractivity contribution in [2.45, 2.75) is 87.3 Å². The molecule has 1 fully saturated rings. The Hall–Kier alpha value is 0.719. The van der Waals surface area contributed by atoms with Gasteiger partial charge in [-0.15, -0.1) is 0 Å². The van der Waals surface area contributed by atoms with Crippen molar-refractivity contribution in [2.75, 3.05) is 0 Å². The number of hydrogen-bond acceptors (Lipinski definition) is 2. The predicted octanol–water partition coefficient (Wildman–Crippen LogP) is 4.63. The van der Waals surface area contributed by atoms with Gasteiger partial charge in [0.25, 0.3) is 0 Å². The first-order valence-corrected chi connectivity index (χ1v) is 13.7. The van der Waals surface area contributed by atoms with Crippen LogP contribution in [0, 0.1) is 0 Å². The van der Waals surface area contributed by atoms with E-state index in [1.807, 2.05) is 0 Å². The molecular formula is C14H30O2Sn. The first-order valence-electron chi connectivity index (χ1n) is 7.31. The summed E-state index contributed by atoms with van der Waals surface area (Å²) < 4.78 is 15.4. The zero-order valence-electron chi connectivity index (χ0n) is 12.3. The zero-order valence-corrected chi connectivity index (χ0v) is 15.2. The molecule has 1 heterocycles. The van der Waals surface area contributed by atoms with E-state index in [1.165, 1.54) is 34.6 Å². The summed E-state index contributed by atoms with van der Waals surface area (Å²) in [6.45, 7) is 11.2. The van der Waals surface area contributed by atoms with Gasteiger partial charge in [0, 0.05) is 0 Å². The van der Waals surface area contributed by atoms with Gasteiger partial charge >= 0.3 is 113 Å². The maximum absolute atomic E-state index is 6.52. The van der Waals surface area contributed by atoms with Gasteiger partial charge in [0.1, 0.15) is 0 Å². The van der Waals surface area contributed by atoms with Gasteiger partial charge in [0.05, 0.1) is 0 Å². The summed E-state index contributed by atoms with van der Waals surface area (Å²) in [4.78, 5) is 0. The van der Waals surface area contributed by atoms with E-state index in [0.29, 0.717) is 6.10 Å². The molecule has 0 radical (unpaired) electrons. The van der Waals surface area contributed by atoms with Gasteiger partial charge in [-0.1, -0.05) is 0 Å². The third kappa shape index (κ3) is 5.07. The van der Waals surface area contributed by atoms with Crippen LogP contribution in [-0.2, 0) is 6.15 Å². The van der Waals surface area contributed by atoms with Crippen molar-refractivity contribution in [3.05, 3.63) is 0 Å². The van der Waals surface area contributed by atoms with Gasteiger partial charge in [-0.05, 0) is 0 Å². The topological polar surface area (TPSA) is 18.5 Å². The molecule has 0 aliphatic carbocycles. The van der Waals surface area contributed by atoms with E-state index in [2.05, 4.69) is 34.6 Å². The molecule has 0 amide bonds. The van der Waals surface area contributed by atoms with Crippen LogP contribution in [-0.4, -0.2) is 30.9 Å². The van der Waals surface area contributed by atoms with E-state index >= 15 is 0 Å². The second kappa shape index (κ2) is 6.76. The summed E-state index contributed by atoms with van der Waals surface area (Å²) >= 11 is -2.75. The summed E-state index contributed by atoms with van der Waals surface area (Å²) in [5.41, 5.74) is 0.0508. The molecule has 2 nitrogen and oxygen atoms in total. The molecule has 0 aromatic rings. The fourth-order valence-corrected chi connectivity index (χ4v) is 15.5. The molecule has 1 aliphatic rings. The Labute approximate surface area is 112 Å². The molecule has 1 rings (SSSR count). The van der Waals surface area contributed by atoms with E-state index in [4.69, 9.17) is 6.15 Å². The van der Waals surface area contributed by atoms with Crippen molar-refractivity contribution < 1.29 is 6.15 Å². The second-order valence-corrected chi connectivity index (χ2v) is 15.4. The Balaban J connectivity index is 2.72. The summed E-state index contributed by atoms with van der Waals surface area (Å²) in [6, 6.07) is 0. The van der Waals surface area contributed by atoms with E-state index < -0.39 is 19.2 Å². The van der Waals surface area contributed by atoms with Gasteiger partial charge in [0.2, 0.25) is 0 Å². The maximum atomic E-state index is 6.52. The quantitative estimate of drug-likeness (QED) is 0.651. The van der Waals surface area contributed by atoms with Crippen molar-refractivity contribution >= 4 is 19.2 Å². The number of unbranched alkanes of at least 4 members (excludes halogenated alkanes) is 2. The molecule has 17 heavy (non-hydrogen) atoms. The molecule has 1 atom stereocenters. The number of rotatable bonds is 6. The van der Waals surface area contributed by atoms with E-state index in [9.17, 15) is 0 Å². The van der Waals surface area contributed by atoms with Gasteiger partial charge in [0.15, 0.2) is 0 Å². The molecular weight excluding hydrogens is 319 g/mol. The Morgan fingerprint density at radius 3 is 2.06 bits per heavy atom. The summed E-state index contributed by atoms with van der Waals surface area (Å²) in [7, 11) is 0. The standard InChI is InChI=1S/C6H12O2.2C4H9.Sn/c1-5(7)4-6(2,3)8;2*1-3-4-2;/h5H,4H2,1-3H3;2*1,3-4H2,2H3;/q-2;;;+2. The van der Waals surface area contributed by atoms with Crippen LogP contribution in [0.4, 0.5) is 0 Å². The monoisotopic (exact) mass is 350 g/mol. The zero-order chi connectivity index (χ0) is 12.9. The van der Waals surface area contributed by atoms with Crippen LogP contribution in [0.3, 0.4) is 0 Å². The van der Waals surface area contributed by atoms with E-state index in [1.54, 1.807) is 0 Å². The third-order valence-electron chi connectivity index (χ3n) is 3.48. The van der Waals surface area contributed by atoms with Crippen molar-refractivity contribution in [1.82, 2.24) is 0 Å². The SMILES string of the molecule is CCC[CH2][Sn]1([CH2]CCC)[O]C(C)CC(C)(C)[O]1. The fraction of sp³-hybridized carbons (Fsp3) is 1.00. The average molecular weight is 349 g/mol. The molecule has 0 bridgehead atoms. The van der Waals surface area contributed by atoms with Crippen molar-refractivity contribution in [1.29, 1.82) is 0 Å².